The smallest absolute Gasteiger partial charge is 0.312 e. The summed E-state index contributed by atoms with van der Waals surface area (Å²) in [4.78, 5) is 34.7. The van der Waals surface area contributed by atoms with Crippen LogP contribution in [0.1, 0.15) is 24.8 Å². The molecule has 3 heterocycles. The highest BCUT2D eigenvalue weighted by atomic mass is 16.2. The number of imide groups is 1. The molecule has 0 radical (unpaired) electrons. The Bertz CT molecular complexity index is 582. The fourth-order valence-electron chi connectivity index (χ4n) is 3.57. The molecule has 6 heteroatoms. The third-order valence-corrected chi connectivity index (χ3v) is 5.21. The second-order valence-electron chi connectivity index (χ2n) is 6.59. The lowest BCUT2D eigenvalue weighted by atomic mass is 9.86. The predicted molar refractivity (Wildman–Crippen MR) is 86.9 cm³/mol. The SMILES string of the molecule is CN1CCC2(CC1)C(=O)N(CCCc1ccncc1)C(=O)N2C. The number of carbonyl (C=O) groups is 2. The number of hydrogen-bond acceptors (Lipinski definition) is 4. The van der Waals surface area contributed by atoms with Crippen molar-refractivity contribution in [3.8, 4) is 0 Å². The van der Waals surface area contributed by atoms with Crippen molar-refractivity contribution in [1.29, 1.82) is 0 Å². The van der Waals surface area contributed by atoms with E-state index >= 15 is 0 Å². The molecule has 23 heavy (non-hydrogen) atoms. The maximum Gasteiger partial charge on any atom is 0.327 e. The van der Waals surface area contributed by atoms with Gasteiger partial charge < -0.3 is 9.80 Å². The van der Waals surface area contributed by atoms with E-state index in [1.54, 1.807) is 24.3 Å². The molecule has 3 amide bonds. The Kier molecular flexibility index (Phi) is 4.35. The van der Waals surface area contributed by atoms with E-state index in [4.69, 9.17) is 0 Å². The van der Waals surface area contributed by atoms with Gasteiger partial charge in [-0.15, -0.1) is 0 Å². The third-order valence-electron chi connectivity index (χ3n) is 5.21. The van der Waals surface area contributed by atoms with Crippen molar-refractivity contribution in [3.63, 3.8) is 0 Å². The molecule has 0 unspecified atom stereocenters. The quantitative estimate of drug-likeness (QED) is 0.787. The van der Waals surface area contributed by atoms with Crippen LogP contribution in [-0.4, -0.2) is 70.9 Å². The van der Waals surface area contributed by atoms with Crippen molar-refractivity contribution >= 4 is 11.9 Å². The minimum absolute atomic E-state index is 0.00664. The molecule has 2 aliphatic heterocycles. The maximum absolute atomic E-state index is 12.9. The summed E-state index contributed by atoms with van der Waals surface area (Å²) in [6.45, 7) is 2.20. The van der Waals surface area contributed by atoms with E-state index in [1.165, 1.54) is 10.5 Å². The molecule has 0 aliphatic carbocycles. The Labute approximate surface area is 137 Å². The van der Waals surface area contributed by atoms with E-state index < -0.39 is 5.54 Å². The molecule has 0 N–H and O–H groups in total. The number of aromatic nitrogens is 1. The molecule has 1 aromatic rings. The van der Waals surface area contributed by atoms with Gasteiger partial charge >= 0.3 is 6.03 Å². The summed E-state index contributed by atoms with van der Waals surface area (Å²) < 4.78 is 0. The zero-order valence-corrected chi connectivity index (χ0v) is 13.9. The van der Waals surface area contributed by atoms with E-state index in [1.807, 2.05) is 12.1 Å². The molecular weight excluding hydrogens is 292 g/mol. The first-order chi connectivity index (χ1) is 11.0. The van der Waals surface area contributed by atoms with E-state index in [-0.39, 0.29) is 11.9 Å². The lowest BCUT2D eigenvalue weighted by Gasteiger charge is -2.39. The molecule has 3 rings (SSSR count). The number of pyridine rings is 1. The maximum atomic E-state index is 12.9. The number of amides is 3. The van der Waals surface area contributed by atoms with Crippen molar-refractivity contribution in [2.45, 2.75) is 31.2 Å². The van der Waals surface area contributed by atoms with Gasteiger partial charge in [0.25, 0.3) is 5.91 Å². The minimum Gasteiger partial charge on any atom is -0.312 e. The van der Waals surface area contributed by atoms with Crippen LogP contribution in [0, 0.1) is 0 Å². The van der Waals surface area contributed by atoms with Gasteiger partial charge in [0.2, 0.25) is 0 Å². The Hall–Kier alpha value is -1.95. The summed E-state index contributed by atoms with van der Waals surface area (Å²) in [6, 6.07) is 3.80. The molecule has 0 atom stereocenters. The van der Waals surface area contributed by atoms with Crippen LogP contribution in [0.25, 0.3) is 0 Å². The summed E-state index contributed by atoms with van der Waals surface area (Å²) >= 11 is 0. The first-order valence-electron chi connectivity index (χ1n) is 8.22. The average Bonchev–Trinajstić information content (AvgIpc) is 2.74. The highest BCUT2D eigenvalue weighted by molar-refractivity contribution is 6.07. The molecule has 124 valence electrons. The van der Waals surface area contributed by atoms with Crippen molar-refractivity contribution in [3.05, 3.63) is 30.1 Å². The van der Waals surface area contributed by atoms with Gasteiger partial charge in [0.1, 0.15) is 5.54 Å². The second-order valence-corrected chi connectivity index (χ2v) is 6.59. The highest BCUT2D eigenvalue weighted by Crippen LogP contribution is 2.35. The molecule has 2 saturated heterocycles. The Balaban J connectivity index is 1.64. The number of aryl methyl sites for hydroxylation is 1. The fourth-order valence-corrected chi connectivity index (χ4v) is 3.57. The van der Waals surface area contributed by atoms with Gasteiger partial charge in [-0.05, 0) is 50.4 Å². The number of likely N-dealkylation sites (tertiary alicyclic amines) is 1. The number of likely N-dealkylation sites (N-methyl/N-ethyl adjacent to an activating group) is 1. The number of rotatable bonds is 4. The lowest BCUT2D eigenvalue weighted by Crippen LogP contribution is -2.54. The van der Waals surface area contributed by atoms with E-state index in [9.17, 15) is 9.59 Å². The topological polar surface area (TPSA) is 56.8 Å². The van der Waals surface area contributed by atoms with Crippen LogP contribution in [0.5, 0.6) is 0 Å². The summed E-state index contributed by atoms with van der Waals surface area (Å²) in [5.41, 5.74) is 0.571. The molecular formula is C17H24N4O2. The molecule has 0 saturated carbocycles. The van der Waals surface area contributed by atoms with Gasteiger partial charge in [-0.1, -0.05) is 0 Å². The molecule has 1 aromatic heterocycles. The molecule has 0 aromatic carbocycles. The van der Waals surface area contributed by atoms with Crippen LogP contribution in [0.4, 0.5) is 4.79 Å². The fraction of sp³-hybridized carbons (Fsp3) is 0.588. The van der Waals surface area contributed by atoms with Crippen LogP contribution >= 0.6 is 0 Å². The Morgan fingerprint density at radius 2 is 1.78 bits per heavy atom. The molecule has 1 spiro atoms. The van der Waals surface area contributed by atoms with Crippen LogP contribution < -0.4 is 0 Å². The zero-order chi connectivity index (χ0) is 16.4. The third kappa shape index (κ3) is 2.83. The largest absolute Gasteiger partial charge is 0.327 e. The predicted octanol–water partition coefficient (Wildman–Crippen LogP) is 1.37. The number of nitrogens with zero attached hydrogens (tertiary/aromatic N) is 4. The van der Waals surface area contributed by atoms with Gasteiger partial charge in [0, 0.05) is 39.1 Å². The Morgan fingerprint density at radius 3 is 2.43 bits per heavy atom. The normalized spacial score (nSPS) is 21.5. The number of urea groups is 1. The second kappa shape index (κ2) is 6.28. The minimum atomic E-state index is -0.611. The molecule has 0 bridgehead atoms. The molecule has 6 nitrogen and oxygen atoms in total. The van der Waals surface area contributed by atoms with Crippen LogP contribution in [-0.2, 0) is 11.2 Å². The Morgan fingerprint density at radius 1 is 1.13 bits per heavy atom. The lowest BCUT2D eigenvalue weighted by molar-refractivity contribution is -0.135. The van der Waals surface area contributed by atoms with Crippen LogP contribution in [0.3, 0.4) is 0 Å². The van der Waals surface area contributed by atoms with Crippen molar-refractivity contribution in [1.82, 2.24) is 19.7 Å². The number of piperidine rings is 1. The van der Waals surface area contributed by atoms with Gasteiger partial charge in [-0.3, -0.25) is 14.7 Å². The summed E-state index contributed by atoms with van der Waals surface area (Å²) in [6.07, 6.45) is 6.62. The number of carbonyl (C=O) groups excluding carboxylic acids is 2. The molecule has 2 fully saturated rings. The molecule has 2 aliphatic rings. The van der Waals surface area contributed by atoms with Gasteiger partial charge in [-0.25, -0.2) is 4.79 Å². The summed E-state index contributed by atoms with van der Waals surface area (Å²) in [7, 11) is 3.83. The standard InChI is InChI=1S/C17H24N4O2/c1-19-12-7-17(8-13-19)15(22)21(16(23)20(17)2)11-3-4-14-5-9-18-10-6-14/h5-6,9-10H,3-4,7-8,11-13H2,1-2H3. The van der Waals surface area contributed by atoms with Gasteiger partial charge in [-0.2, -0.15) is 0 Å². The summed E-state index contributed by atoms with van der Waals surface area (Å²) in [5.74, 6) is -0.00664. The first-order valence-corrected chi connectivity index (χ1v) is 8.22. The summed E-state index contributed by atoms with van der Waals surface area (Å²) in [5, 5.41) is 0. The van der Waals surface area contributed by atoms with Crippen LogP contribution in [0.15, 0.2) is 24.5 Å². The highest BCUT2D eigenvalue weighted by Gasteiger charge is 2.55. The van der Waals surface area contributed by atoms with Crippen molar-refractivity contribution in [2.75, 3.05) is 33.7 Å². The van der Waals surface area contributed by atoms with Crippen molar-refractivity contribution in [2.24, 2.45) is 0 Å². The van der Waals surface area contributed by atoms with Gasteiger partial charge in [0.15, 0.2) is 0 Å². The van der Waals surface area contributed by atoms with E-state index in [0.29, 0.717) is 6.54 Å². The van der Waals surface area contributed by atoms with E-state index in [2.05, 4.69) is 16.9 Å². The zero-order valence-electron chi connectivity index (χ0n) is 13.9. The van der Waals surface area contributed by atoms with Gasteiger partial charge in [0.05, 0.1) is 0 Å². The van der Waals surface area contributed by atoms with E-state index in [0.717, 1.165) is 38.8 Å². The van der Waals surface area contributed by atoms with Crippen molar-refractivity contribution < 1.29 is 9.59 Å². The first kappa shape index (κ1) is 15.9. The number of hydrogen-bond donors (Lipinski definition) is 0. The van der Waals surface area contributed by atoms with Crippen LogP contribution in [0.2, 0.25) is 0 Å². The average molecular weight is 316 g/mol. The monoisotopic (exact) mass is 316 g/mol.